The van der Waals surface area contributed by atoms with Crippen molar-refractivity contribution < 1.29 is 14.3 Å². The van der Waals surface area contributed by atoms with Crippen LogP contribution in [0.5, 0.6) is 5.88 Å². The summed E-state index contributed by atoms with van der Waals surface area (Å²) in [5.74, 6) is 0.868. The van der Waals surface area contributed by atoms with E-state index in [1.807, 2.05) is 27.7 Å². The fourth-order valence-corrected chi connectivity index (χ4v) is 2.19. The maximum Gasteiger partial charge on any atom is 0.410 e. The van der Waals surface area contributed by atoms with Crippen molar-refractivity contribution in [2.24, 2.45) is 5.92 Å². The fourth-order valence-electron chi connectivity index (χ4n) is 2.19. The van der Waals surface area contributed by atoms with E-state index in [4.69, 9.17) is 9.47 Å². The number of rotatable bonds is 3. The SMILES string of the molecule is Cc1nccnc1OCC1CCN(C(=O)OC(C)(C)C)C1. The molecule has 1 aromatic rings. The number of hydrogen-bond donors (Lipinski definition) is 0. The van der Waals surface area contributed by atoms with Crippen molar-refractivity contribution in [1.82, 2.24) is 14.9 Å². The summed E-state index contributed by atoms with van der Waals surface area (Å²) in [6.07, 6.45) is 3.92. The van der Waals surface area contributed by atoms with Gasteiger partial charge in [0.15, 0.2) is 0 Å². The van der Waals surface area contributed by atoms with Gasteiger partial charge in [0.05, 0.1) is 12.3 Å². The van der Waals surface area contributed by atoms with Crippen molar-refractivity contribution in [3.63, 3.8) is 0 Å². The highest BCUT2D eigenvalue weighted by Gasteiger charge is 2.30. The lowest BCUT2D eigenvalue weighted by atomic mass is 10.1. The van der Waals surface area contributed by atoms with E-state index < -0.39 is 5.60 Å². The summed E-state index contributed by atoms with van der Waals surface area (Å²) in [7, 11) is 0. The van der Waals surface area contributed by atoms with Crippen LogP contribution in [0.3, 0.4) is 0 Å². The zero-order valence-corrected chi connectivity index (χ0v) is 13.1. The summed E-state index contributed by atoms with van der Waals surface area (Å²) in [4.78, 5) is 22.0. The van der Waals surface area contributed by atoms with E-state index in [1.165, 1.54) is 0 Å². The van der Waals surface area contributed by atoms with Gasteiger partial charge in [0.1, 0.15) is 5.60 Å². The van der Waals surface area contributed by atoms with Gasteiger partial charge in [0.25, 0.3) is 0 Å². The summed E-state index contributed by atoms with van der Waals surface area (Å²) in [5, 5.41) is 0. The number of aromatic nitrogens is 2. The van der Waals surface area contributed by atoms with Crippen LogP contribution in [0.4, 0.5) is 4.79 Å². The van der Waals surface area contributed by atoms with Crippen LogP contribution < -0.4 is 4.74 Å². The summed E-state index contributed by atoms with van der Waals surface area (Å²) >= 11 is 0. The molecule has 6 nitrogen and oxygen atoms in total. The predicted octanol–water partition coefficient (Wildman–Crippen LogP) is 2.42. The highest BCUT2D eigenvalue weighted by atomic mass is 16.6. The Morgan fingerprint density at radius 1 is 1.38 bits per heavy atom. The fraction of sp³-hybridized carbons (Fsp3) is 0.667. The van der Waals surface area contributed by atoms with Crippen molar-refractivity contribution in [3.05, 3.63) is 18.1 Å². The third-order valence-corrected chi connectivity index (χ3v) is 3.23. The largest absolute Gasteiger partial charge is 0.476 e. The Kier molecular flexibility index (Phi) is 4.65. The normalized spacial score (nSPS) is 18.7. The van der Waals surface area contributed by atoms with Crippen LogP contribution in [0, 0.1) is 12.8 Å². The van der Waals surface area contributed by atoms with E-state index in [2.05, 4.69) is 9.97 Å². The highest BCUT2D eigenvalue weighted by Crippen LogP contribution is 2.21. The van der Waals surface area contributed by atoms with Crippen LogP contribution in [0.15, 0.2) is 12.4 Å². The number of ether oxygens (including phenoxy) is 2. The molecule has 1 atom stereocenters. The Morgan fingerprint density at radius 3 is 2.76 bits per heavy atom. The van der Waals surface area contributed by atoms with E-state index >= 15 is 0 Å². The lowest BCUT2D eigenvalue weighted by molar-refractivity contribution is 0.0284. The number of amides is 1. The molecule has 1 fully saturated rings. The number of carbonyl (C=O) groups excluding carboxylic acids is 1. The molecule has 21 heavy (non-hydrogen) atoms. The molecular weight excluding hydrogens is 270 g/mol. The second-order valence-corrected chi connectivity index (χ2v) is 6.34. The zero-order chi connectivity index (χ0) is 15.5. The lowest BCUT2D eigenvalue weighted by Crippen LogP contribution is -2.35. The third-order valence-electron chi connectivity index (χ3n) is 3.23. The van der Waals surface area contributed by atoms with Crippen molar-refractivity contribution in [3.8, 4) is 5.88 Å². The molecule has 1 aromatic heterocycles. The second-order valence-electron chi connectivity index (χ2n) is 6.34. The van der Waals surface area contributed by atoms with Gasteiger partial charge in [-0.1, -0.05) is 0 Å². The van der Waals surface area contributed by atoms with Gasteiger partial charge in [-0.25, -0.2) is 9.78 Å². The van der Waals surface area contributed by atoms with Gasteiger partial charge < -0.3 is 14.4 Å². The van der Waals surface area contributed by atoms with Crippen LogP contribution in [-0.2, 0) is 4.74 Å². The summed E-state index contributed by atoms with van der Waals surface area (Å²) < 4.78 is 11.1. The molecule has 6 heteroatoms. The van der Waals surface area contributed by atoms with Gasteiger partial charge in [-0.2, -0.15) is 0 Å². The molecule has 116 valence electrons. The molecule has 1 aliphatic rings. The Balaban J connectivity index is 1.80. The predicted molar refractivity (Wildman–Crippen MR) is 78.2 cm³/mol. The Labute approximate surface area is 125 Å². The molecule has 1 aliphatic heterocycles. The van der Waals surface area contributed by atoms with Gasteiger partial charge in [-0.15, -0.1) is 0 Å². The number of hydrogen-bond acceptors (Lipinski definition) is 5. The second kappa shape index (κ2) is 6.28. The maximum atomic E-state index is 12.0. The zero-order valence-electron chi connectivity index (χ0n) is 13.1. The van der Waals surface area contributed by atoms with E-state index in [0.717, 1.165) is 12.1 Å². The van der Waals surface area contributed by atoms with Crippen LogP contribution in [0.25, 0.3) is 0 Å². The van der Waals surface area contributed by atoms with Gasteiger partial charge in [0.2, 0.25) is 5.88 Å². The smallest absolute Gasteiger partial charge is 0.410 e. The minimum absolute atomic E-state index is 0.249. The molecule has 0 saturated carbocycles. The van der Waals surface area contributed by atoms with Crippen molar-refractivity contribution in [2.45, 2.75) is 39.7 Å². The molecule has 1 saturated heterocycles. The number of likely N-dealkylation sites (tertiary alicyclic amines) is 1. The van der Waals surface area contributed by atoms with Crippen LogP contribution in [0.2, 0.25) is 0 Å². The van der Waals surface area contributed by atoms with Gasteiger partial charge >= 0.3 is 6.09 Å². The molecule has 0 spiro atoms. The minimum Gasteiger partial charge on any atom is -0.476 e. The number of carbonyl (C=O) groups is 1. The summed E-state index contributed by atoms with van der Waals surface area (Å²) in [6.45, 7) is 9.40. The lowest BCUT2D eigenvalue weighted by Gasteiger charge is -2.24. The minimum atomic E-state index is -0.456. The third kappa shape index (κ3) is 4.58. The molecule has 0 N–H and O–H groups in total. The molecule has 2 rings (SSSR count). The van der Waals surface area contributed by atoms with E-state index in [1.54, 1.807) is 17.3 Å². The molecular formula is C15H23N3O3. The summed E-state index contributed by atoms with van der Waals surface area (Å²) in [5.41, 5.74) is 0.321. The Hall–Kier alpha value is -1.85. The molecule has 0 radical (unpaired) electrons. The number of aryl methyl sites for hydroxylation is 1. The van der Waals surface area contributed by atoms with Crippen LogP contribution in [-0.4, -0.2) is 46.3 Å². The molecule has 1 amide bonds. The number of nitrogens with zero attached hydrogens (tertiary/aromatic N) is 3. The van der Waals surface area contributed by atoms with Gasteiger partial charge in [-0.05, 0) is 34.1 Å². The highest BCUT2D eigenvalue weighted by molar-refractivity contribution is 5.68. The standard InChI is InChI=1S/C15H23N3O3/c1-11-13(17-7-6-16-11)20-10-12-5-8-18(9-12)14(19)21-15(2,3)4/h6-7,12H,5,8-10H2,1-4H3. The molecule has 0 aromatic carbocycles. The first kappa shape index (κ1) is 15.5. The summed E-state index contributed by atoms with van der Waals surface area (Å²) in [6, 6.07) is 0. The first-order valence-corrected chi connectivity index (χ1v) is 7.23. The first-order chi connectivity index (χ1) is 9.85. The van der Waals surface area contributed by atoms with E-state index in [0.29, 0.717) is 31.5 Å². The first-order valence-electron chi connectivity index (χ1n) is 7.23. The monoisotopic (exact) mass is 293 g/mol. The average molecular weight is 293 g/mol. The van der Waals surface area contributed by atoms with Gasteiger partial charge in [0, 0.05) is 31.4 Å². The van der Waals surface area contributed by atoms with Gasteiger partial charge in [-0.3, -0.25) is 4.98 Å². The molecule has 1 unspecified atom stereocenters. The van der Waals surface area contributed by atoms with E-state index in [-0.39, 0.29) is 6.09 Å². The topological polar surface area (TPSA) is 64.6 Å². The molecule has 0 aliphatic carbocycles. The quantitative estimate of drug-likeness (QED) is 0.856. The van der Waals surface area contributed by atoms with Crippen molar-refractivity contribution in [2.75, 3.05) is 19.7 Å². The van der Waals surface area contributed by atoms with Crippen LogP contribution in [0.1, 0.15) is 32.9 Å². The Bertz CT molecular complexity index is 499. The Morgan fingerprint density at radius 2 is 2.10 bits per heavy atom. The maximum absolute atomic E-state index is 12.0. The van der Waals surface area contributed by atoms with Crippen molar-refractivity contribution >= 4 is 6.09 Å². The van der Waals surface area contributed by atoms with Crippen LogP contribution >= 0.6 is 0 Å². The van der Waals surface area contributed by atoms with Crippen molar-refractivity contribution in [1.29, 1.82) is 0 Å². The molecule has 0 bridgehead atoms. The van der Waals surface area contributed by atoms with E-state index in [9.17, 15) is 4.79 Å². The molecule has 2 heterocycles. The average Bonchev–Trinajstić information content (AvgIpc) is 2.85.